The zero-order valence-electron chi connectivity index (χ0n) is 23.3. The van der Waals surface area contributed by atoms with Crippen molar-refractivity contribution in [2.45, 2.75) is 76.9 Å². The minimum absolute atomic E-state index is 0.0177. The Hall–Kier alpha value is -3.39. The molecule has 40 heavy (non-hydrogen) atoms. The number of phenols is 1. The van der Waals surface area contributed by atoms with E-state index in [0.29, 0.717) is 22.2 Å². The molecule has 2 aliphatic carbocycles. The van der Waals surface area contributed by atoms with E-state index in [9.17, 15) is 19.1 Å². The van der Waals surface area contributed by atoms with E-state index in [4.69, 9.17) is 16.3 Å². The Balaban J connectivity index is 1.48. The molecule has 0 bridgehead atoms. The Kier molecular flexibility index (Phi) is 7.66. The van der Waals surface area contributed by atoms with Crippen LogP contribution in [0, 0.1) is 11.7 Å². The number of pyridine rings is 1. The van der Waals surface area contributed by atoms with Gasteiger partial charge in [-0.1, -0.05) is 17.7 Å². The summed E-state index contributed by atoms with van der Waals surface area (Å²) in [6.45, 7) is 6.04. The lowest BCUT2D eigenvalue weighted by atomic mass is 9.87. The van der Waals surface area contributed by atoms with E-state index in [1.54, 1.807) is 6.20 Å². The van der Waals surface area contributed by atoms with E-state index in [1.165, 1.54) is 19.2 Å². The maximum Gasteiger partial charge on any atom is 0.410 e. The van der Waals surface area contributed by atoms with Crippen LogP contribution >= 0.6 is 11.6 Å². The van der Waals surface area contributed by atoms with Crippen LogP contribution in [0.4, 0.5) is 14.9 Å². The first-order chi connectivity index (χ1) is 19.0. The van der Waals surface area contributed by atoms with E-state index >= 15 is 0 Å². The van der Waals surface area contributed by atoms with Crippen molar-refractivity contribution in [1.82, 2.24) is 9.88 Å². The summed E-state index contributed by atoms with van der Waals surface area (Å²) in [5.41, 5.74) is 2.85. The minimum Gasteiger partial charge on any atom is -0.504 e. The lowest BCUT2D eigenvalue weighted by Gasteiger charge is -2.43. The largest absolute Gasteiger partial charge is 0.504 e. The first-order valence-electron chi connectivity index (χ1n) is 13.8. The number of methoxy groups -OCH3 is 1. The van der Waals surface area contributed by atoms with Gasteiger partial charge in [0.25, 0.3) is 0 Å². The van der Waals surface area contributed by atoms with Crippen molar-refractivity contribution in [3.8, 4) is 16.9 Å². The number of anilines is 1. The number of carbonyl (C=O) groups excluding carboxylic acids is 2. The summed E-state index contributed by atoms with van der Waals surface area (Å²) in [6.07, 6.45) is 6.32. The summed E-state index contributed by atoms with van der Waals surface area (Å²) in [4.78, 5) is 32.3. The highest BCUT2D eigenvalue weighted by Gasteiger charge is 2.37. The van der Waals surface area contributed by atoms with Gasteiger partial charge in [0, 0.05) is 35.1 Å². The van der Waals surface area contributed by atoms with Gasteiger partial charge in [0.1, 0.15) is 0 Å². The molecule has 0 spiro atoms. The highest BCUT2D eigenvalue weighted by atomic mass is 35.5. The molecule has 2 aromatic carbocycles. The molecule has 0 saturated heterocycles. The predicted molar refractivity (Wildman–Crippen MR) is 155 cm³/mol. The number of nitrogens with one attached hydrogen (secondary N) is 1. The van der Waals surface area contributed by atoms with Gasteiger partial charge < -0.3 is 20.1 Å². The molecule has 0 aliphatic heterocycles. The molecule has 7 nitrogen and oxygen atoms in total. The third-order valence-corrected chi connectivity index (χ3v) is 8.22. The van der Waals surface area contributed by atoms with Crippen LogP contribution in [-0.2, 0) is 4.74 Å². The van der Waals surface area contributed by atoms with Crippen molar-refractivity contribution in [2.75, 3.05) is 12.4 Å². The molecular weight excluding hydrogens is 533 g/mol. The number of phenolic OH excluding ortho intramolecular Hbond substituents is 1. The van der Waals surface area contributed by atoms with Gasteiger partial charge in [0.15, 0.2) is 17.3 Å². The van der Waals surface area contributed by atoms with Crippen LogP contribution in [-0.4, -0.2) is 51.6 Å². The van der Waals surface area contributed by atoms with Gasteiger partial charge >= 0.3 is 6.09 Å². The first kappa shape index (κ1) is 28.1. The summed E-state index contributed by atoms with van der Waals surface area (Å²) in [5.74, 6) is -1.28. The van der Waals surface area contributed by atoms with Crippen molar-refractivity contribution in [3.63, 3.8) is 0 Å². The molecule has 1 heterocycles. The average Bonchev–Trinajstić information content (AvgIpc) is 3.77. The smallest absolute Gasteiger partial charge is 0.410 e. The Labute approximate surface area is 238 Å². The first-order valence-corrected chi connectivity index (χ1v) is 14.1. The molecule has 2 N–H and O–H groups in total. The van der Waals surface area contributed by atoms with Crippen LogP contribution in [0.2, 0.25) is 5.02 Å². The molecule has 5 rings (SSSR count). The molecular formula is C31H35ClFN3O4. The van der Waals surface area contributed by atoms with Gasteiger partial charge in [-0.25, -0.2) is 9.18 Å². The molecule has 3 aromatic rings. The monoisotopic (exact) mass is 567 g/mol. The van der Waals surface area contributed by atoms with Gasteiger partial charge in [-0.05, 0) is 94.7 Å². The third kappa shape index (κ3) is 5.59. The molecule has 0 atom stereocenters. The molecule has 2 fully saturated rings. The topological polar surface area (TPSA) is 91.8 Å². The molecule has 1 aromatic heterocycles. The van der Waals surface area contributed by atoms with Crippen molar-refractivity contribution in [3.05, 3.63) is 52.9 Å². The fourth-order valence-corrected chi connectivity index (χ4v) is 5.97. The highest BCUT2D eigenvalue weighted by Crippen LogP contribution is 2.40. The van der Waals surface area contributed by atoms with Crippen molar-refractivity contribution >= 4 is 40.1 Å². The summed E-state index contributed by atoms with van der Waals surface area (Å²) in [6, 6.07) is 8.47. The molecule has 9 heteroatoms. The minimum atomic E-state index is -0.801. The number of carbonyl (C=O) groups is 2. The van der Waals surface area contributed by atoms with E-state index in [1.807, 2.05) is 43.9 Å². The van der Waals surface area contributed by atoms with Crippen molar-refractivity contribution < 1.29 is 23.8 Å². The van der Waals surface area contributed by atoms with Gasteiger partial charge in [0.05, 0.1) is 28.9 Å². The quantitative estimate of drug-likeness (QED) is 0.298. The van der Waals surface area contributed by atoms with Gasteiger partial charge in [0.2, 0.25) is 0 Å². The Morgan fingerprint density at radius 3 is 2.38 bits per heavy atom. The number of aromatic hydroxyl groups is 1. The van der Waals surface area contributed by atoms with Gasteiger partial charge in [-0.2, -0.15) is 0 Å². The average molecular weight is 568 g/mol. The number of hydrogen-bond acceptors (Lipinski definition) is 6. The van der Waals surface area contributed by atoms with E-state index in [-0.39, 0.29) is 40.4 Å². The molecule has 1 amide bonds. The fourth-order valence-electron chi connectivity index (χ4n) is 5.76. The van der Waals surface area contributed by atoms with E-state index < -0.39 is 11.6 Å². The summed E-state index contributed by atoms with van der Waals surface area (Å²) < 4.78 is 19.4. The second kappa shape index (κ2) is 10.9. The summed E-state index contributed by atoms with van der Waals surface area (Å²) in [7, 11) is 1.41. The fraction of sp³-hybridized carbons (Fsp3) is 0.452. The maximum absolute atomic E-state index is 14.3. The van der Waals surface area contributed by atoms with Crippen LogP contribution in [0.15, 0.2) is 36.5 Å². The number of amides is 1. The lowest BCUT2D eigenvalue weighted by Crippen LogP contribution is -2.53. The van der Waals surface area contributed by atoms with Crippen molar-refractivity contribution in [1.29, 1.82) is 0 Å². The number of ketones is 1. The number of rotatable bonds is 6. The van der Waals surface area contributed by atoms with Crippen LogP contribution in [0.25, 0.3) is 22.0 Å². The number of halogens is 2. The van der Waals surface area contributed by atoms with Gasteiger partial charge in [-0.15, -0.1) is 0 Å². The zero-order chi connectivity index (χ0) is 28.8. The van der Waals surface area contributed by atoms with E-state index in [2.05, 4.69) is 10.3 Å². The predicted octanol–water partition coefficient (Wildman–Crippen LogP) is 7.58. The standard InChI is InChI=1S/C31H35ClFN3O4/c1-31(2,3)36(30(39)40-4)21-10-8-20(9-11-21)35-27-22-13-18(19-14-24(32)29(38)25(33)15-19)7-12-26(22)34-16-23(27)28(37)17-5-6-17/h7,12-17,20-21,38H,5-6,8-11H2,1-4H3,(H,34,35). The van der Waals surface area contributed by atoms with Crippen LogP contribution in [0.5, 0.6) is 5.75 Å². The number of Topliss-reactive ketones (excluding diaryl/α,β-unsaturated/α-hetero) is 1. The van der Waals surface area contributed by atoms with Crippen LogP contribution in [0.3, 0.4) is 0 Å². The highest BCUT2D eigenvalue weighted by molar-refractivity contribution is 6.32. The summed E-state index contributed by atoms with van der Waals surface area (Å²) in [5, 5.41) is 14.1. The second-order valence-corrected chi connectivity index (χ2v) is 12.3. The third-order valence-electron chi connectivity index (χ3n) is 7.94. The Morgan fingerprint density at radius 2 is 1.77 bits per heavy atom. The molecule has 2 saturated carbocycles. The number of nitrogens with zero attached hydrogens (tertiary/aromatic N) is 2. The van der Waals surface area contributed by atoms with Crippen LogP contribution in [0.1, 0.15) is 69.7 Å². The maximum atomic E-state index is 14.3. The number of aromatic nitrogens is 1. The zero-order valence-corrected chi connectivity index (χ0v) is 24.0. The summed E-state index contributed by atoms with van der Waals surface area (Å²) >= 11 is 6.06. The number of fused-ring (bicyclic) bond motifs is 1. The SMILES string of the molecule is COC(=O)N(C1CCC(Nc2c(C(=O)C3CC3)cnc3ccc(-c4cc(F)c(O)c(Cl)c4)cc23)CC1)C(C)(C)C. The Morgan fingerprint density at radius 1 is 1.07 bits per heavy atom. The molecule has 0 radical (unpaired) electrons. The molecule has 212 valence electrons. The normalized spacial score (nSPS) is 19.4. The number of ether oxygens (including phenoxy) is 1. The van der Waals surface area contributed by atoms with E-state index in [0.717, 1.165) is 49.6 Å². The lowest BCUT2D eigenvalue weighted by molar-refractivity contribution is 0.0440. The second-order valence-electron chi connectivity index (χ2n) is 11.9. The van der Waals surface area contributed by atoms with Crippen molar-refractivity contribution in [2.24, 2.45) is 5.92 Å². The number of hydrogen-bond donors (Lipinski definition) is 2. The molecule has 2 aliphatic rings. The van der Waals surface area contributed by atoms with Gasteiger partial charge in [-0.3, -0.25) is 9.78 Å². The molecule has 0 unspecified atom stereocenters. The Bertz CT molecular complexity index is 1440. The number of benzene rings is 2. The van der Waals surface area contributed by atoms with Crippen LogP contribution < -0.4 is 5.32 Å².